The Morgan fingerprint density at radius 3 is 3.00 bits per heavy atom. The number of aryl methyl sites for hydroxylation is 1. The molecule has 3 rings (SSSR count). The first-order chi connectivity index (χ1) is 10.7. The molecule has 2 saturated heterocycles. The van der Waals surface area contributed by atoms with E-state index in [9.17, 15) is 0 Å². The summed E-state index contributed by atoms with van der Waals surface area (Å²) >= 11 is 0. The summed E-state index contributed by atoms with van der Waals surface area (Å²) in [4.78, 5) is 4.48. The second-order valence-electron chi connectivity index (χ2n) is 5.96. The van der Waals surface area contributed by atoms with Crippen molar-refractivity contribution in [1.29, 1.82) is 0 Å². The second kappa shape index (κ2) is 8.84. The van der Waals surface area contributed by atoms with Gasteiger partial charge >= 0.3 is 0 Å². The van der Waals surface area contributed by atoms with Crippen LogP contribution in [0.4, 0.5) is 0 Å². The van der Waals surface area contributed by atoms with E-state index in [2.05, 4.69) is 15.4 Å². The quantitative estimate of drug-likeness (QED) is 0.413. The third kappa shape index (κ3) is 4.80. The highest BCUT2D eigenvalue weighted by molar-refractivity contribution is 14.0. The van der Waals surface area contributed by atoms with Crippen LogP contribution >= 0.6 is 24.0 Å². The molecule has 3 heterocycles. The lowest BCUT2D eigenvalue weighted by Crippen LogP contribution is -2.37. The Morgan fingerprint density at radius 1 is 1.43 bits per heavy atom. The normalized spacial score (nSPS) is 27.9. The van der Waals surface area contributed by atoms with Gasteiger partial charge in [-0.3, -0.25) is 9.67 Å². The predicted octanol–water partition coefficient (Wildman–Crippen LogP) is 1.20. The molecule has 23 heavy (non-hydrogen) atoms. The molecule has 3 atom stereocenters. The topological polar surface area (TPSA) is 86.7 Å². The van der Waals surface area contributed by atoms with Crippen LogP contribution in [0.1, 0.15) is 31.1 Å². The molecule has 2 fully saturated rings. The number of nitrogens with one attached hydrogen (secondary N) is 1. The number of ether oxygens (including phenoxy) is 2. The van der Waals surface area contributed by atoms with E-state index in [1.54, 1.807) is 6.20 Å². The molecule has 0 bridgehead atoms. The van der Waals surface area contributed by atoms with Crippen LogP contribution in [0.15, 0.2) is 17.3 Å². The zero-order valence-electron chi connectivity index (χ0n) is 13.5. The predicted molar refractivity (Wildman–Crippen MR) is 98.9 cm³/mol. The second-order valence-corrected chi connectivity index (χ2v) is 5.96. The van der Waals surface area contributed by atoms with Crippen LogP contribution in [0.3, 0.4) is 0 Å². The van der Waals surface area contributed by atoms with E-state index in [-0.39, 0.29) is 36.2 Å². The minimum atomic E-state index is 0. The van der Waals surface area contributed by atoms with Crippen molar-refractivity contribution in [3.63, 3.8) is 0 Å². The van der Waals surface area contributed by atoms with Gasteiger partial charge in [0, 0.05) is 45.5 Å². The maximum Gasteiger partial charge on any atom is 0.188 e. The number of hydrogen-bond acceptors (Lipinski definition) is 4. The first-order valence-electron chi connectivity index (χ1n) is 7.99. The summed E-state index contributed by atoms with van der Waals surface area (Å²) in [6.45, 7) is 3.02. The maximum atomic E-state index is 5.95. The van der Waals surface area contributed by atoms with E-state index in [4.69, 9.17) is 15.2 Å². The summed E-state index contributed by atoms with van der Waals surface area (Å²) < 4.78 is 13.3. The van der Waals surface area contributed by atoms with Gasteiger partial charge in [-0.2, -0.15) is 5.10 Å². The number of nitrogens with zero attached hydrogens (tertiary/aromatic N) is 3. The number of hydrogen-bond donors (Lipinski definition) is 2. The zero-order valence-corrected chi connectivity index (χ0v) is 15.8. The van der Waals surface area contributed by atoms with Gasteiger partial charge in [0.1, 0.15) is 6.10 Å². The fourth-order valence-electron chi connectivity index (χ4n) is 3.11. The van der Waals surface area contributed by atoms with Crippen molar-refractivity contribution >= 4 is 29.9 Å². The van der Waals surface area contributed by atoms with Gasteiger partial charge < -0.3 is 20.5 Å². The monoisotopic (exact) mass is 435 g/mol. The highest BCUT2D eigenvalue weighted by Gasteiger charge is 2.31. The molecule has 130 valence electrons. The highest BCUT2D eigenvalue weighted by Crippen LogP contribution is 2.34. The molecule has 0 radical (unpaired) electrons. The first kappa shape index (κ1) is 18.5. The lowest BCUT2D eigenvalue weighted by atomic mass is 9.99. The van der Waals surface area contributed by atoms with Gasteiger partial charge in [-0.05, 0) is 25.3 Å². The molecule has 2 aliphatic rings. The average molecular weight is 435 g/mol. The van der Waals surface area contributed by atoms with Crippen molar-refractivity contribution < 1.29 is 9.47 Å². The SMILES string of the molecule is Cn1nccc1[C@@H]1OCC[C@H]1CN=C(N)NCC1CCCO1.I. The molecule has 2 aliphatic heterocycles. The average Bonchev–Trinajstić information content (AvgIpc) is 3.24. The van der Waals surface area contributed by atoms with Crippen molar-refractivity contribution in [3.8, 4) is 0 Å². The van der Waals surface area contributed by atoms with Gasteiger partial charge in [0.2, 0.25) is 0 Å². The molecule has 0 saturated carbocycles. The van der Waals surface area contributed by atoms with Crippen molar-refractivity contribution in [2.24, 2.45) is 23.7 Å². The molecular formula is C15H26IN5O2. The van der Waals surface area contributed by atoms with Crippen LogP contribution in [-0.4, -0.2) is 48.1 Å². The zero-order chi connectivity index (χ0) is 15.4. The van der Waals surface area contributed by atoms with Gasteiger partial charge in [0.05, 0.1) is 11.8 Å². The molecule has 1 aromatic heterocycles. The third-order valence-electron chi connectivity index (χ3n) is 4.40. The molecule has 1 aromatic rings. The third-order valence-corrected chi connectivity index (χ3v) is 4.40. The standard InChI is InChI=1S/C15H25N5O2.HI/c1-20-13(4-6-19-20)14-11(5-8-22-14)9-17-15(16)18-10-12-3-2-7-21-12;/h4,6,11-12,14H,2-3,5,7-10H2,1H3,(H3,16,17,18);1H/t11-,12?,14+;/m0./s1. The fourth-order valence-corrected chi connectivity index (χ4v) is 3.11. The Morgan fingerprint density at radius 2 is 2.30 bits per heavy atom. The molecule has 7 nitrogen and oxygen atoms in total. The van der Waals surface area contributed by atoms with Gasteiger partial charge in [-0.25, -0.2) is 0 Å². The minimum absolute atomic E-state index is 0. The Hall–Kier alpha value is -0.870. The summed E-state index contributed by atoms with van der Waals surface area (Å²) in [5.74, 6) is 0.838. The van der Waals surface area contributed by atoms with Gasteiger partial charge in [0.25, 0.3) is 0 Å². The number of rotatable bonds is 5. The van der Waals surface area contributed by atoms with Crippen LogP contribution in [0, 0.1) is 5.92 Å². The maximum absolute atomic E-state index is 5.95. The van der Waals surface area contributed by atoms with Crippen LogP contribution in [0.2, 0.25) is 0 Å². The van der Waals surface area contributed by atoms with Crippen molar-refractivity contribution in [2.75, 3.05) is 26.3 Å². The van der Waals surface area contributed by atoms with Crippen LogP contribution in [-0.2, 0) is 16.5 Å². The number of aliphatic imine (C=N–C) groups is 1. The number of aromatic nitrogens is 2. The van der Waals surface area contributed by atoms with Crippen LogP contribution in [0.25, 0.3) is 0 Å². The Bertz CT molecular complexity index is 516. The highest BCUT2D eigenvalue weighted by atomic mass is 127. The first-order valence-corrected chi connectivity index (χ1v) is 7.99. The van der Waals surface area contributed by atoms with E-state index < -0.39 is 0 Å². The molecule has 0 spiro atoms. The van der Waals surface area contributed by atoms with Gasteiger partial charge in [-0.15, -0.1) is 24.0 Å². The lowest BCUT2D eigenvalue weighted by Gasteiger charge is -2.17. The minimum Gasteiger partial charge on any atom is -0.376 e. The van der Waals surface area contributed by atoms with E-state index in [1.807, 2.05) is 17.8 Å². The summed E-state index contributed by atoms with van der Waals surface area (Å²) in [5, 5.41) is 7.37. The Balaban J connectivity index is 0.00000192. The van der Waals surface area contributed by atoms with Crippen molar-refractivity contribution in [2.45, 2.75) is 31.5 Å². The number of nitrogens with two attached hydrogens (primary N) is 1. The van der Waals surface area contributed by atoms with Crippen LogP contribution < -0.4 is 11.1 Å². The largest absolute Gasteiger partial charge is 0.376 e. The molecule has 3 N–H and O–H groups in total. The van der Waals surface area contributed by atoms with E-state index in [1.165, 1.54) is 0 Å². The smallest absolute Gasteiger partial charge is 0.188 e. The summed E-state index contributed by atoms with van der Waals surface area (Å²) in [6, 6.07) is 2.01. The fraction of sp³-hybridized carbons (Fsp3) is 0.733. The molecule has 0 aliphatic carbocycles. The Kier molecular flexibility index (Phi) is 7.09. The molecule has 1 unspecified atom stereocenters. The summed E-state index contributed by atoms with van der Waals surface area (Å²) in [6.07, 6.45) is 5.36. The molecule has 0 aromatic carbocycles. The van der Waals surface area contributed by atoms with Crippen molar-refractivity contribution in [1.82, 2.24) is 15.1 Å². The molecular weight excluding hydrogens is 409 g/mol. The number of halogens is 1. The van der Waals surface area contributed by atoms with Gasteiger partial charge in [-0.1, -0.05) is 0 Å². The summed E-state index contributed by atoms with van der Waals surface area (Å²) in [5.41, 5.74) is 7.05. The van der Waals surface area contributed by atoms with Crippen LogP contribution in [0.5, 0.6) is 0 Å². The Labute approximate surface area is 154 Å². The van der Waals surface area contributed by atoms with E-state index in [0.29, 0.717) is 18.4 Å². The van der Waals surface area contributed by atoms with Gasteiger partial charge in [0.15, 0.2) is 5.96 Å². The van der Waals surface area contributed by atoms with E-state index in [0.717, 1.165) is 44.7 Å². The number of guanidine groups is 1. The molecule has 0 amide bonds. The molecule has 8 heteroatoms. The van der Waals surface area contributed by atoms with E-state index >= 15 is 0 Å². The summed E-state index contributed by atoms with van der Waals surface area (Å²) in [7, 11) is 1.94. The lowest BCUT2D eigenvalue weighted by molar-refractivity contribution is 0.0858. The van der Waals surface area contributed by atoms with Crippen molar-refractivity contribution in [3.05, 3.63) is 18.0 Å².